The minimum Gasteiger partial charge on any atom is -0.360 e. The van der Waals surface area contributed by atoms with Gasteiger partial charge < -0.3 is 4.98 Å². The molecule has 144 valence electrons. The number of carbonyl (C=O) groups is 1. The van der Waals surface area contributed by atoms with Crippen LogP contribution in [0.15, 0.2) is 47.9 Å². The number of aromatic nitrogens is 4. The number of Topliss-reactive ketones (excluding diaryl/α,β-unsaturated/α-hetero) is 1. The predicted molar refractivity (Wildman–Crippen MR) is 101 cm³/mol. The first-order chi connectivity index (χ1) is 13.3. The maximum atomic E-state index is 13.1. The Kier molecular flexibility index (Phi) is 4.59. The van der Waals surface area contributed by atoms with Gasteiger partial charge in [-0.25, -0.2) is 0 Å². The molecule has 0 fully saturated rings. The fraction of sp³-hybridized carbons (Fsp3) is 0.167. The molecule has 0 aliphatic heterocycles. The fourth-order valence-corrected chi connectivity index (χ4v) is 4.01. The summed E-state index contributed by atoms with van der Waals surface area (Å²) in [6, 6.07) is 8.18. The van der Waals surface area contributed by atoms with Crippen LogP contribution in [0.25, 0.3) is 16.6 Å². The number of nitrogens with one attached hydrogen (secondary N) is 1. The summed E-state index contributed by atoms with van der Waals surface area (Å²) in [5.74, 6) is -0.169. The molecule has 0 unspecified atom stereocenters. The van der Waals surface area contributed by atoms with E-state index in [0.717, 1.165) is 39.3 Å². The van der Waals surface area contributed by atoms with Gasteiger partial charge in [0, 0.05) is 28.9 Å². The number of pyridine rings is 1. The number of nitrogens with zero attached hydrogens (tertiary/aromatic N) is 3. The molecule has 3 heterocycles. The Morgan fingerprint density at radius 2 is 2.04 bits per heavy atom. The van der Waals surface area contributed by atoms with Crippen LogP contribution >= 0.6 is 23.4 Å². The summed E-state index contributed by atoms with van der Waals surface area (Å²) < 4.78 is 40.4. The molecule has 4 aromatic rings. The first kappa shape index (κ1) is 18.8. The van der Waals surface area contributed by atoms with Crippen LogP contribution < -0.4 is 0 Å². The van der Waals surface area contributed by atoms with Crippen LogP contribution in [-0.2, 0) is 6.18 Å². The molecule has 4 rings (SSSR count). The molecule has 1 atom stereocenters. The Morgan fingerprint density at radius 3 is 2.79 bits per heavy atom. The maximum Gasteiger partial charge on any atom is 0.417 e. The highest BCUT2D eigenvalue weighted by Gasteiger charge is 2.32. The number of benzene rings is 1. The standard InChI is InChI=1S/C18H12ClF3N4OS/c1-9(15(27)12-7-23-14-5-3-2-4-11(12)14)28-17-25-24-16-13(19)6-10(8-26(16)17)18(20,21)22/h2-9,23H,1H3/t9-/m1/s1. The largest absolute Gasteiger partial charge is 0.417 e. The molecule has 1 aromatic carbocycles. The van der Waals surface area contributed by atoms with Crippen LogP contribution in [0.1, 0.15) is 22.8 Å². The van der Waals surface area contributed by atoms with Crippen molar-refractivity contribution < 1.29 is 18.0 Å². The maximum absolute atomic E-state index is 13.1. The lowest BCUT2D eigenvalue weighted by molar-refractivity contribution is -0.137. The Bertz CT molecular complexity index is 1200. The highest BCUT2D eigenvalue weighted by molar-refractivity contribution is 8.00. The number of ketones is 1. The number of H-pyrrole nitrogens is 1. The number of fused-ring (bicyclic) bond motifs is 2. The van der Waals surface area contributed by atoms with Gasteiger partial charge in [0.2, 0.25) is 0 Å². The van der Waals surface area contributed by atoms with Gasteiger partial charge in [0.1, 0.15) is 0 Å². The third kappa shape index (κ3) is 3.24. The van der Waals surface area contributed by atoms with Gasteiger partial charge in [0.25, 0.3) is 0 Å². The Labute approximate surface area is 165 Å². The summed E-state index contributed by atoms with van der Waals surface area (Å²) in [7, 11) is 0. The second kappa shape index (κ2) is 6.82. The van der Waals surface area contributed by atoms with Crippen molar-refractivity contribution in [1.82, 2.24) is 19.6 Å². The summed E-state index contributed by atoms with van der Waals surface area (Å²) >= 11 is 6.95. The number of carbonyl (C=O) groups excluding carboxylic acids is 1. The van der Waals surface area contributed by atoms with Gasteiger partial charge in [0.15, 0.2) is 16.6 Å². The average molecular weight is 425 g/mol. The van der Waals surface area contributed by atoms with Crippen molar-refractivity contribution in [3.05, 3.63) is 58.9 Å². The zero-order chi connectivity index (χ0) is 20.1. The highest BCUT2D eigenvalue weighted by atomic mass is 35.5. The van der Waals surface area contributed by atoms with E-state index < -0.39 is 17.0 Å². The Hall–Kier alpha value is -2.52. The van der Waals surface area contributed by atoms with Gasteiger partial charge >= 0.3 is 6.18 Å². The van der Waals surface area contributed by atoms with E-state index in [1.165, 1.54) is 0 Å². The van der Waals surface area contributed by atoms with Crippen LogP contribution in [-0.4, -0.2) is 30.6 Å². The highest BCUT2D eigenvalue weighted by Crippen LogP contribution is 2.34. The zero-order valence-electron chi connectivity index (χ0n) is 14.3. The molecule has 0 amide bonds. The van der Waals surface area contributed by atoms with Crippen molar-refractivity contribution >= 4 is 45.7 Å². The number of alkyl halides is 3. The fourth-order valence-electron chi connectivity index (χ4n) is 2.88. The number of thioether (sulfide) groups is 1. The van der Waals surface area contributed by atoms with E-state index in [1.807, 2.05) is 24.3 Å². The number of halogens is 4. The number of para-hydroxylation sites is 1. The van der Waals surface area contributed by atoms with Crippen molar-refractivity contribution in [2.24, 2.45) is 0 Å². The van der Waals surface area contributed by atoms with Crippen LogP contribution in [0, 0.1) is 0 Å². The molecule has 5 nitrogen and oxygen atoms in total. The van der Waals surface area contributed by atoms with E-state index in [9.17, 15) is 18.0 Å². The van der Waals surface area contributed by atoms with Crippen LogP contribution in [0.5, 0.6) is 0 Å². The molecule has 3 aromatic heterocycles. The van der Waals surface area contributed by atoms with E-state index >= 15 is 0 Å². The zero-order valence-corrected chi connectivity index (χ0v) is 15.9. The van der Waals surface area contributed by atoms with E-state index in [0.29, 0.717) is 5.56 Å². The second-order valence-electron chi connectivity index (χ2n) is 6.12. The molecule has 0 radical (unpaired) electrons. The second-order valence-corrected chi connectivity index (χ2v) is 7.84. The molecule has 28 heavy (non-hydrogen) atoms. The molecule has 0 saturated heterocycles. The Morgan fingerprint density at radius 1 is 1.29 bits per heavy atom. The molecule has 0 spiro atoms. The predicted octanol–water partition coefficient (Wildman–Crippen LogP) is 5.25. The molecule has 0 aliphatic rings. The summed E-state index contributed by atoms with van der Waals surface area (Å²) in [4.78, 5) is 15.9. The number of hydrogen-bond donors (Lipinski definition) is 1. The first-order valence-electron chi connectivity index (χ1n) is 8.14. The van der Waals surface area contributed by atoms with E-state index in [4.69, 9.17) is 11.6 Å². The number of hydrogen-bond acceptors (Lipinski definition) is 4. The summed E-state index contributed by atoms with van der Waals surface area (Å²) in [6.07, 6.45) is -2.05. The van der Waals surface area contributed by atoms with E-state index in [2.05, 4.69) is 15.2 Å². The number of aromatic amines is 1. The molecular formula is C18H12ClF3N4OS. The van der Waals surface area contributed by atoms with Gasteiger partial charge in [-0.2, -0.15) is 13.2 Å². The Balaban J connectivity index is 1.67. The smallest absolute Gasteiger partial charge is 0.360 e. The molecule has 10 heteroatoms. The van der Waals surface area contributed by atoms with Crippen molar-refractivity contribution in [2.45, 2.75) is 23.5 Å². The van der Waals surface area contributed by atoms with E-state index in [-0.39, 0.29) is 21.6 Å². The van der Waals surface area contributed by atoms with Crippen molar-refractivity contribution in [2.75, 3.05) is 0 Å². The van der Waals surface area contributed by atoms with Crippen molar-refractivity contribution in [3.63, 3.8) is 0 Å². The summed E-state index contributed by atoms with van der Waals surface area (Å²) in [5, 5.41) is 7.93. The minimum absolute atomic E-state index is 0.101. The van der Waals surface area contributed by atoms with Gasteiger partial charge in [-0.05, 0) is 19.1 Å². The van der Waals surface area contributed by atoms with Crippen LogP contribution in [0.3, 0.4) is 0 Å². The molecular weight excluding hydrogens is 413 g/mol. The third-order valence-corrected chi connectivity index (χ3v) is 5.60. The van der Waals surface area contributed by atoms with Crippen molar-refractivity contribution in [1.29, 1.82) is 0 Å². The van der Waals surface area contributed by atoms with Gasteiger partial charge in [-0.15, -0.1) is 10.2 Å². The topological polar surface area (TPSA) is 63.1 Å². The molecule has 1 N–H and O–H groups in total. The third-order valence-electron chi connectivity index (χ3n) is 4.26. The number of rotatable bonds is 4. The van der Waals surface area contributed by atoms with Gasteiger partial charge in [0.05, 0.1) is 15.8 Å². The summed E-state index contributed by atoms with van der Waals surface area (Å²) in [5.41, 5.74) is 0.530. The average Bonchev–Trinajstić information content (AvgIpc) is 3.25. The molecule has 0 bridgehead atoms. The van der Waals surface area contributed by atoms with Crippen LogP contribution in [0.2, 0.25) is 5.02 Å². The molecule has 0 aliphatic carbocycles. The minimum atomic E-state index is -4.56. The molecule has 0 saturated carbocycles. The SMILES string of the molecule is C[C@@H](Sc1nnc2c(Cl)cc(C(F)(F)F)cn12)C(=O)c1c[nH]c2ccccc12. The monoisotopic (exact) mass is 424 g/mol. The lowest BCUT2D eigenvalue weighted by Crippen LogP contribution is -2.14. The van der Waals surface area contributed by atoms with E-state index in [1.54, 1.807) is 13.1 Å². The quantitative estimate of drug-likeness (QED) is 0.359. The van der Waals surface area contributed by atoms with Gasteiger partial charge in [-0.1, -0.05) is 41.6 Å². The first-order valence-corrected chi connectivity index (χ1v) is 9.40. The van der Waals surface area contributed by atoms with Crippen LogP contribution in [0.4, 0.5) is 13.2 Å². The van der Waals surface area contributed by atoms with Crippen molar-refractivity contribution in [3.8, 4) is 0 Å². The normalized spacial score (nSPS) is 13.3. The van der Waals surface area contributed by atoms with Gasteiger partial charge in [-0.3, -0.25) is 9.20 Å². The summed E-state index contributed by atoms with van der Waals surface area (Å²) in [6.45, 7) is 1.67. The lowest BCUT2D eigenvalue weighted by Gasteiger charge is -2.11. The lowest BCUT2D eigenvalue weighted by atomic mass is 10.1.